The first-order valence-corrected chi connectivity index (χ1v) is 9.44. The summed E-state index contributed by atoms with van der Waals surface area (Å²) in [6, 6.07) is 0. The molecule has 0 aliphatic heterocycles. The summed E-state index contributed by atoms with van der Waals surface area (Å²) in [5, 5.41) is 0. The number of hydrogen-bond acceptors (Lipinski definition) is 1. The van der Waals surface area contributed by atoms with Crippen molar-refractivity contribution in [1.82, 2.24) is 0 Å². The molecule has 0 saturated heterocycles. The van der Waals surface area contributed by atoms with Gasteiger partial charge in [-0.2, -0.15) is 0 Å². The maximum absolute atomic E-state index is 11.8. The minimum Gasteiger partial charge on any atom is -0.295 e. The Morgan fingerprint density at radius 1 is 1.46 bits per heavy atom. The number of carbonyl (C=O) groups is 1. The average Bonchev–Trinajstić information content (AvgIpc) is 2.70. The molecular weight excluding hydrogens is 292 g/mol. The summed E-state index contributed by atoms with van der Waals surface area (Å²) in [5.41, 5.74) is 2.93. The van der Waals surface area contributed by atoms with Gasteiger partial charge in [0.1, 0.15) is 0 Å². The summed E-state index contributed by atoms with van der Waals surface area (Å²) in [4.78, 5) is 11.8. The third kappa shape index (κ3) is 3.92. The van der Waals surface area contributed by atoms with Crippen molar-refractivity contribution in [2.24, 2.45) is 23.2 Å². The summed E-state index contributed by atoms with van der Waals surface area (Å²) in [7, 11) is 0. The normalized spacial score (nSPS) is 27.2. The van der Waals surface area contributed by atoms with Gasteiger partial charge in [-0.3, -0.25) is 4.79 Å². The van der Waals surface area contributed by atoms with Crippen molar-refractivity contribution in [1.29, 1.82) is 0 Å². The molecule has 0 bridgehead atoms. The Morgan fingerprint density at radius 3 is 2.83 bits per heavy atom. The summed E-state index contributed by atoms with van der Waals surface area (Å²) < 4.78 is 0. The fraction of sp³-hybridized carbons (Fsp3) is 0.609. The van der Waals surface area contributed by atoms with E-state index in [1.54, 1.807) is 0 Å². The number of terminal acetylenes is 1. The van der Waals surface area contributed by atoms with Crippen LogP contribution in [0.1, 0.15) is 66.2 Å². The summed E-state index contributed by atoms with van der Waals surface area (Å²) in [6.45, 7) is 9.06. The molecule has 3 unspecified atom stereocenters. The molecule has 2 rings (SSSR count). The number of allylic oxidation sites excluding steroid dienone is 6. The number of carbonyl (C=O) groups excluding carboxylic acids is 1. The zero-order valence-electron chi connectivity index (χ0n) is 15.8. The third-order valence-corrected chi connectivity index (χ3v) is 5.89. The van der Waals surface area contributed by atoms with Gasteiger partial charge < -0.3 is 0 Å². The molecule has 2 aliphatic rings. The van der Waals surface area contributed by atoms with Gasteiger partial charge in [-0.25, -0.2) is 0 Å². The fourth-order valence-electron chi connectivity index (χ4n) is 4.65. The van der Waals surface area contributed by atoms with Crippen LogP contribution in [0.25, 0.3) is 0 Å². The van der Waals surface area contributed by atoms with Gasteiger partial charge in [-0.15, -0.1) is 12.3 Å². The molecule has 0 saturated carbocycles. The largest absolute Gasteiger partial charge is 0.295 e. The Morgan fingerprint density at radius 2 is 2.21 bits per heavy atom. The smallest absolute Gasteiger partial charge is 0.155 e. The van der Waals surface area contributed by atoms with E-state index in [0.717, 1.165) is 19.3 Å². The van der Waals surface area contributed by atoms with Crippen LogP contribution >= 0.6 is 0 Å². The van der Waals surface area contributed by atoms with Crippen LogP contribution in [0.2, 0.25) is 0 Å². The molecule has 1 heteroatoms. The van der Waals surface area contributed by atoms with E-state index in [2.05, 4.69) is 51.8 Å². The molecule has 2 aliphatic carbocycles. The maximum atomic E-state index is 11.8. The zero-order valence-corrected chi connectivity index (χ0v) is 15.8. The van der Waals surface area contributed by atoms with Gasteiger partial charge in [-0.05, 0) is 43.6 Å². The monoisotopic (exact) mass is 324 g/mol. The molecular formula is C23H32O. The number of ketones is 1. The van der Waals surface area contributed by atoms with E-state index >= 15 is 0 Å². The lowest BCUT2D eigenvalue weighted by atomic mass is 9.63. The van der Waals surface area contributed by atoms with E-state index in [1.165, 1.54) is 24.0 Å². The van der Waals surface area contributed by atoms with Gasteiger partial charge in [0.25, 0.3) is 0 Å². The molecule has 0 radical (unpaired) electrons. The molecule has 0 amide bonds. The molecule has 130 valence electrons. The van der Waals surface area contributed by atoms with Crippen LogP contribution in [-0.4, -0.2) is 5.78 Å². The molecule has 0 heterocycles. The lowest BCUT2D eigenvalue weighted by Crippen LogP contribution is -2.32. The summed E-state index contributed by atoms with van der Waals surface area (Å²) in [6.07, 6.45) is 20.3. The molecule has 0 fully saturated rings. The summed E-state index contributed by atoms with van der Waals surface area (Å²) >= 11 is 0. The maximum Gasteiger partial charge on any atom is 0.155 e. The van der Waals surface area contributed by atoms with Crippen molar-refractivity contribution in [2.75, 3.05) is 0 Å². The second-order valence-corrected chi connectivity index (χ2v) is 7.99. The van der Waals surface area contributed by atoms with E-state index in [4.69, 9.17) is 6.42 Å². The van der Waals surface area contributed by atoms with Crippen LogP contribution in [0.15, 0.2) is 35.5 Å². The Labute approximate surface area is 148 Å². The first kappa shape index (κ1) is 18.8. The van der Waals surface area contributed by atoms with Crippen molar-refractivity contribution >= 4 is 5.78 Å². The van der Waals surface area contributed by atoms with E-state index in [-0.39, 0.29) is 5.41 Å². The quantitative estimate of drug-likeness (QED) is 0.456. The van der Waals surface area contributed by atoms with Gasteiger partial charge in [0.05, 0.1) is 0 Å². The Kier molecular flexibility index (Phi) is 6.27. The highest BCUT2D eigenvalue weighted by atomic mass is 16.1. The number of fused-ring (bicyclic) bond motifs is 1. The second-order valence-electron chi connectivity index (χ2n) is 7.99. The molecule has 0 aromatic carbocycles. The first-order chi connectivity index (χ1) is 11.4. The Hall–Kier alpha value is -1.55. The molecule has 1 nitrogen and oxygen atoms in total. The molecule has 0 aromatic rings. The predicted octanol–water partition coefficient (Wildman–Crippen LogP) is 5.88. The van der Waals surface area contributed by atoms with Crippen LogP contribution in [0, 0.1) is 35.5 Å². The van der Waals surface area contributed by atoms with Crippen molar-refractivity contribution in [3.8, 4) is 12.3 Å². The van der Waals surface area contributed by atoms with Crippen molar-refractivity contribution < 1.29 is 4.79 Å². The number of rotatable bonds is 5. The van der Waals surface area contributed by atoms with Gasteiger partial charge >= 0.3 is 0 Å². The minimum atomic E-state index is 0.118. The average molecular weight is 325 g/mol. The standard InChI is InChI=1S/C23H32O/c1-6-10-22(23(4,5)15-7-2)21-12-9-11-17-16-18(24)13-14-20(17)19(21)8-3/h2,8-9,12,16,20-22H,6,10-11,13-15H2,1,3-5H3/b19-8-. The fourth-order valence-corrected chi connectivity index (χ4v) is 4.65. The molecule has 0 spiro atoms. The highest BCUT2D eigenvalue weighted by molar-refractivity contribution is 5.91. The Bertz CT molecular complexity index is 594. The molecule has 24 heavy (non-hydrogen) atoms. The van der Waals surface area contributed by atoms with E-state index in [9.17, 15) is 4.79 Å². The van der Waals surface area contributed by atoms with Crippen molar-refractivity contribution in [3.05, 3.63) is 35.5 Å². The van der Waals surface area contributed by atoms with Gasteiger partial charge in [0.2, 0.25) is 0 Å². The minimum absolute atomic E-state index is 0.118. The zero-order chi connectivity index (χ0) is 17.7. The van der Waals surface area contributed by atoms with E-state index in [0.29, 0.717) is 30.0 Å². The van der Waals surface area contributed by atoms with Gasteiger partial charge in [0, 0.05) is 24.7 Å². The topological polar surface area (TPSA) is 17.1 Å². The lowest BCUT2D eigenvalue weighted by molar-refractivity contribution is -0.115. The van der Waals surface area contributed by atoms with E-state index in [1.807, 2.05) is 6.08 Å². The van der Waals surface area contributed by atoms with Crippen LogP contribution in [0.3, 0.4) is 0 Å². The Balaban J connectivity index is 2.41. The van der Waals surface area contributed by atoms with Crippen LogP contribution < -0.4 is 0 Å². The van der Waals surface area contributed by atoms with Gasteiger partial charge in [-0.1, -0.05) is 56.6 Å². The highest BCUT2D eigenvalue weighted by Crippen LogP contribution is 2.48. The second kappa shape index (κ2) is 8.02. The molecule has 0 N–H and O–H groups in total. The highest BCUT2D eigenvalue weighted by Gasteiger charge is 2.38. The van der Waals surface area contributed by atoms with Crippen molar-refractivity contribution in [2.45, 2.75) is 66.2 Å². The number of hydrogen-bond donors (Lipinski definition) is 0. The van der Waals surface area contributed by atoms with E-state index < -0.39 is 0 Å². The first-order valence-electron chi connectivity index (χ1n) is 9.44. The van der Waals surface area contributed by atoms with Crippen LogP contribution in [0.5, 0.6) is 0 Å². The van der Waals surface area contributed by atoms with Crippen LogP contribution in [0.4, 0.5) is 0 Å². The van der Waals surface area contributed by atoms with Gasteiger partial charge in [0.15, 0.2) is 5.78 Å². The predicted molar refractivity (Wildman–Crippen MR) is 102 cm³/mol. The van der Waals surface area contributed by atoms with Crippen molar-refractivity contribution in [3.63, 3.8) is 0 Å². The SMILES string of the molecule is C#CCC(C)(C)C(CCC)C1C=CCC2=CC(=O)CCC2/C1=C/C. The molecule has 0 aromatic heterocycles. The third-order valence-electron chi connectivity index (χ3n) is 5.89. The van der Waals surface area contributed by atoms with Crippen LogP contribution in [-0.2, 0) is 4.79 Å². The summed E-state index contributed by atoms with van der Waals surface area (Å²) in [5.74, 6) is 4.60. The molecule has 3 atom stereocenters. The lowest BCUT2D eigenvalue weighted by Gasteiger charge is -2.40.